The number of hydrogen-bond donors (Lipinski definition) is 1. The second kappa shape index (κ2) is 4.22. The molecular weight excluding hydrogens is 226 g/mol. The van der Waals surface area contributed by atoms with Crippen LogP contribution in [0.1, 0.15) is 19.9 Å². The molecule has 0 atom stereocenters. The van der Waals surface area contributed by atoms with Gasteiger partial charge in [0.2, 0.25) is 0 Å². The van der Waals surface area contributed by atoms with Crippen LogP contribution in [0.4, 0.5) is 5.69 Å². The van der Waals surface area contributed by atoms with Gasteiger partial charge >= 0.3 is 0 Å². The number of aryl methyl sites for hydroxylation is 1. The Morgan fingerprint density at radius 1 is 1.38 bits per heavy atom. The maximum atomic E-state index is 12.1. The predicted octanol–water partition coefficient (Wildman–Crippen LogP) is 1.92. The van der Waals surface area contributed by atoms with Gasteiger partial charge in [0.05, 0.1) is 16.6 Å². The summed E-state index contributed by atoms with van der Waals surface area (Å²) in [6.07, 6.45) is 3.59. The summed E-state index contributed by atoms with van der Waals surface area (Å²) in [5.41, 5.74) is 7.23. The molecule has 0 aliphatic heterocycles. The van der Waals surface area contributed by atoms with Gasteiger partial charge in [0, 0.05) is 25.5 Å². The lowest BCUT2D eigenvalue weighted by Gasteiger charge is -2.09. The highest BCUT2D eigenvalue weighted by Gasteiger charge is 2.10. The highest BCUT2D eigenvalue weighted by atomic mass is 35.5. The summed E-state index contributed by atoms with van der Waals surface area (Å²) < 4.78 is 3.56. The predicted molar refractivity (Wildman–Crippen MR) is 69.2 cm³/mol. The molecule has 2 aromatic heterocycles. The molecule has 2 N–H and O–H groups in total. The summed E-state index contributed by atoms with van der Waals surface area (Å²) in [5.74, 6) is 0. The SMILES string of the molecule is CC(C)n1ccc2c(c(N)cn2C)c1=O.Cl. The van der Waals surface area contributed by atoms with Gasteiger partial charge in [0.25, 0.3) is 5.56 Å². The first-order valence-electron chi connectivity index (χ1n) is 4.98. The van der Waals surface area contributed by atoms with E-state index >= 15 is 0 Å². The van der Waals surface area contributed by atoms with E-state index in [4.69, 9.17) is 5.73 Å². The van der Waals surface area contributed by atoms with Crippen LogP contribution in [0.25, 0.3) is 10.9 Å². The molecule has 5 heteroatoms. The van der Waals surface area contributed by atoms with Gasteiger partial charge in [-0.05, 0) is 19.9 Å². The Morgan fingerprint density at radius 3 is 2.56 bits per heavy atom. The number of pyridine rings is 1. The van der Waals surface area contributed by atoms with E-state index in [9.17, 15) is 4.79 Å². The van der Waals surface area contributed by atoms with Crippen molar-refractivity contribution in [2.75, 3.05) is 5.73 Å². The van der Waals surface area contributed by atoms with Crippen LogP contribution >= 0.6 is 12.4 Å². The zero-order valence-corrected chi connectivity index (χ0v) is 10.4. The molecule has 2 rings (SSSR count). The average Bonchev–Trinajstić information content (AvgIpc) is 2.43. The number of aromatic nitrogens is 2. The number of halogens is 1. The smallest absolute Gasteiger partial charge is 0.262 e. The summed E-state index contributed by atoms with van der Waals surface area (Å²) in [5, 5.41) is 0.619. The monoisotopic (exact) mass is 241 g/mol. The minimum Gasteiger partial charge on any atom is -0.397 e. The highest BCUT2D eigenvalue weighted by molar-refractivity contribution is 5.90. The zero-order chi connectivity index (χ0) is 11.2. The van der Waals surface area contributed by atoms with Gasteiger partial charge in [-0.15, -0.1) is 12.4 Å². The van der Waals surface area contributed by atoms with E-state index in [1.807, 2.05) is 37.7 Å². The van der Waals surface area contributed by atoms with Gasteiger partial charge in [-0.2, -0.15) is 0 Å². The van der Waals surface area contributed by atoms with E-state index in [0.29, 0.717) is 11.1 Å². The van der Waals surface area contributed by atoms with E-state index < -0.39 is 0 Å². The van der Waals surface area contributed by atoms with E-state index in [2.05, 4.69) is 0 Å². The molecule has 0 radical (unpaired) electrons. The molecule has 0 unspecified atom stereocenters. The van der Waals surface area contributed by atoms with Crippen LogP contribution in [0.5, 0.6) is 0 Å². The number of anilines is 1. The lowest BCUT2D eigenvalue weighted by Crippen LogP contribution is -2.21. The standard InChI is InChI=1S/C11H15N3O.ClH/c1-7(2)14-5-4-9-10(11(14)15)8(12)6-13(9)3;/h4-7H,12H2,1-3H3;1H. The first-order valence-corrected chi connectivity index (χ1v) is 4.98. The van der Waals surface area contributed by atoms with E-state index in [0.717, 1.165) is 5.52 Å². The minimum atomic E-state index is -0.0133. The molecule has 0 aromatic carbocycles. The molecule has 0 fully saturated rings. The number of fused-ring (bicyclic) bond motifs is 1. The van der Waals surface area contributed by atoms with E-state index in [-0.39, 0.29) is 24.0 Å². The van der Waals surface area contributed by atoms with Crippen molar-refractivity contribution in [1.82, 2.24) is 9.13 Å². The lowest BCUT2D eigenvalue weighted by atomic mass is 10.2. The fraction of sp³-hybridized carbons (Fsp3) is 0.364. The van der Waals surface area contributed by atoms with Crippen molar-refractivity contribution < 1.29 is 0 Å². The molecule has 0 amide bonds. The Morgan fingerprint density at radius 2 is 2.00 bits per heavy atom. The van der Waals surface area contributed by atoms with Crippen molar-refractivity contribution in [2.24, 2.45) is 7.05 Å². The molecule has 0 aliphatic rings. The van der Waals surface area contributed by atoms with E-state index in [1.165, 1.54) is 0 Å². The van der Waals surface area contributed by atoms with Gasteiger partial charge in [-0.25, -0.2) is 0 Å². The van der Waals surface area contributed by atoms with Crippen molar-refractivity contribution in [1.29, 1.82) is 0 Å². The van der Waals surface area contributed by atoms with Gasteiger partial charge in [-0.1, -0.05) is 0 Å². The van der Waals surface area contributed by atoms with E-state index in [1.54, 1.807) is 10.8 Å². The fourth-order valence-electron chi connectivity index (χ4n) is 1.86. The number of nitrogen functional groups attached to an aromatic ring is 1. The number of nitrogens with two attached hydrogens (primary N) is 1. The van der Waals surface area contributed by atoms with Crippen LogP contribution in [0.3, 0.4) is 0 Å². The summed E-state index contributed by atoms with van der Waals surface area (Å²) in [4.78, 5) is 12.1. The molecule has 0 spiro atoms. The van der Waals surface area contributed by atoms with Crippen molar-refractivity contribution in [3.63, 3.8) is 0 Å². The van der Waals surface area contributed by atoms with Crippen LogP contribution in [0, 0.1) is 0 Å². The maximum absolute atomic E-state index is 12.1. The highest BCUT2D eigenvalue weighted by Crippen LogP contribution is 2.19. The lowest BCUT2D eigenvalue weighted by molar-refractivity contribution is 0.582. The van der Waals surface area contributed by atoms with Crippen molar-refractivity contribution in [2.45, 2.75) is 19.9 Å². The third-order valence-electron chi connectivity index (χ3n) is 2.66. The first kappa shape index (κ1) is 12.6. The quantitative estimate of drug-likeness (QED) is 0.830. The summed E-state index contributed by atoms with van der Waals surface area (Å²) in [6.45, 7) is 3.96. The number of hydrogen-bond acceptors (Lipinski definition) is 2. The summed E-state index contributed by atoms with van der Waals surface area (Å²) in [7, 11) is 1.89. The molecule has 0 bridgehead atoms. The average molecular weight is 242 g/mol. The van der Waals surface area contributed by atoms with Crippen molar-refractivity contribution >= 4 is 29.0 Å². The molecule has 0 aliphatic carbocycles. The van der Waals surface area contributed by atoms with Crippen LogP contribution in [0.2, 0.25) is 0 Å². The summed E-state index contributed by atoms with van der Waals surface area (Å²) >= 11 is 0. The molecular formula is C11H16ClN3O. The van der Waals surface area contributed by atoms with Crippen LogP contribution in [-0.2, 0) is 7.05 Å². The molecule has 2 heterocycles. The van der Waals surface area contributed by atoms with Crippen LogP contribution in [-0.4, -0.2) is 9.13 Å². The number of nitrogens with zero attached hydrogens (tertiary/aromatic N) is 2. The number of rotatable bonds is 1. The van der Waals surface area contributed by atoms with Gasteiger partial charge in [0.15, 0.2) is 0 Å². The molecule has 4 nitrogen and oxygen atoms in total. The summed E-state index contributed by atoms with van der Waals surface area (Å²) in [6, 6.07) is 2.08. The first-order chi connectivity index (χ1) is 7.02. The van der Waals surface area contributed by atoms with Gasteiger partial charge in [-0.3, -0.25) is 4.79 Å². The minimum absolute atomic E-state index is 0. The van der Waals surface area contributed by atoms with Crippen molar-refractivity contribution in [3.8, 4) is 0 Å². The van der Waals surface area contributed by atoms with Crippen LogP contribution in [0.15, 0.2) is 23.3 Å². The zero-order valence-electron chi connectivity index (χ0n) is 9.60. The Balaban J connectivity index is 0.00000128. The molecule has 2 aromatic rings. The fourth-order valence-corrected chi connectivity index (χ4v) is 1.86. The second-order valence-corrected chi connectivity index (χ2v) is 4.08. The molecule has 0 saturated heterocycles. The molecule has 16 heavy (non-hydrogen) atoms. The third kappa shape index (κ3) is 1.69. The van der Waals surface area contributed by atoms with Crippen molar-refractivity contribution in [3.05, 3.63) is 28.8 Å². The third-order valence-corrected chi connectivity index (χ3v) is 2.66. The second-order valence-electron chi connectivity index (χ2n) is 4.08. The van der Waals surface area contributed by atoms with Gasteiger partial charge in [0.1, 0.15) is 0 Å². The molecule has 0 saturated carbocycles. The normalized spacial score (nSPS) is 10.8. The topological polar surface area (TPSA) is 52.9 Å². The Hall–Kier alpha value is -1.42. The Kier molecular flexibility index (Phi) is 3.33. The van der Waals surface area contributed by atoms with Gasteiger partial charge < -0.3 is 14.9 Å². The molecule has 88 valence electrons. The largest absolute Gasteiger partial charge is 0.397 e. The Bertz CT molecular complexity index is 568. The van der Waals surface area contributed by atoms with Crippen LogP contribution < -0.4 is 11.3 Å². The maximum Gasteiger partial charge on any atom is 0.262 e. The Labute approximate surface area is 100 Å².